The van der Waals surface area contributed by atoms with E-state index in [4.69, 9.17) is 4.42 Å². The van der Waals surface area contributed by atoms with Gasteiger partial charge < -0.3 is 9.73 Å². The molecule has 2 aromatic rings. The number of oxazole rings is 1. The van der Waals surface area contributed by atoms with Gasteiger partial charge in [-0.25, -0.2) is 4.98 Å². The third-order valence-electron chi connectivity index (χ3n) is 2.79. The maximum absolute atomic E-state index is 5.72. The Morgan fingerprint density at radius 3 is 3.06 bits per heavy atom. The molecule has 0 saturated heterocycles. The van der Waals surface area contributed by atoms with Crippen LogP contribution in [-0.2, 0) is 6.54 Å². The molecule has 2 heterocycles. The van der Waals surface area contributed by atoms with Crippen LogP contribution in [0.15, 0.2) is 21.4 Å². The van der Waals surface area contributed by atoms with Crippen molar-refractivity contribution in [2.75, 3.05) is 0 Å². The molecule has 3 nitrogen and oxygen atoms in total. The van der Waals surface area contributed by atoms with Crippen LogP contribution >= 0.6 is 11.3 Å². The van der Waals surface area contributed by atoms with Crippen LogP contribution in [0.3, 0.4) is 0 Å². The van der Waals surface area contributed by atoms with E-state index >= 15 is 0 Å². The number of aryl methyl sites for hydroxylation is 1. The van der Waals surface area contributed by atoms with Crippen LogP contribution in [0, 0.1) is 6.92 Å². The van der Waals surface area contributed by atoms with Gasteiger partial charge in [0.15, 0.2) is 5.76 Å². The van der Waals surface area contributed by atoms with Crippen molar-refractivity contribution in [2.24, 2.45) is 0 Å². The van der Waals surface area contributed by atoms with E-state index in [1.165, 1.54) is 18.4 Å². The lowest BCUT2D eigenvalue weighted by molar-refractivity contribution is 0.476. The summed E-state index contributed by atoms with van der Waals surface area (Å²) in [6.45, 7) is 2.84. The lowest BCUT2D eigenvalue weighted by atomic mass is 10.2. The molecule has 0 spiro atoms. The molecule has 1 saturated carbocycles. The van der Waals surface area contributed by atoms with Crippen molar-refractivity contribution in [1.29, 1.82) is 0 Å². The average Bonchev–Trinajstić information content (AvgIpc) is 2.82. The number of aromatic nitrogens is 1. The fourth-order valence-electron chi connectivity index (χ4n) is 1.65. The van der Waals surface area contributed by atoms with Crippen LogP contribution in [0.2, 0.25) is 0 Å². The van der Waals surface area contributed by atoms with Gasteiger partial charge in [0, 0.05) is 17.0 Å². The predicted octanol–water partition coefficient (Wildman–Crippen LogP) is 2.96. The molecule has 0 bridgehead atoms. The minimum absolute atomic E-state index is 0.693. The number of thiophene rings is 1. The molecule has 1 aliphatic rings. The lowest BCUT2D eigenvalue weighted by Gasteiger charge is -1.97. The highest BCUT2D eigenvalue weighted by Crippen LogP contribution is 2.27. The van der Waals surface area contributed by atoms with Gasteiger partial charge in [0.05, 0.1) is 12.7 Å². The normalized spacial score (nSPS) is 15.6. The molecule has 1 aliphatic carbocycles. The molecule has 0 atom stereocenters. The Morgan fingerprint density at radius 1 is 1.50 bits per heavy atom. The minimum atomic E-state index is 0.693. The van der Waals surface area contributed by atoms with Gasteiger partial charge in [-0.1, -0.05) is 0 Å². The van der Waals surface area contributed by atoms with Crippen LogP contribution in [0.25, 0.3) is 11.3 Å². The predicted molar refractivity (Wildman–Crippen MR) is 64.4 cm³/mol. The van der Waals surface area contributed by atoms with Gasteiger partial charge in [0.1, 0.15) is 0 Å². The summed E-state index contributed by atoms with van der Waals surface area (Å²) < 4.78 is 5.72. The Kier molecular flexibility index (Phi) is 2.53. The summed E-state index contributed by atoms with van der Waals surface area (Å²) in [6.07, 6.45) is 4.40. The van der Waals surface area contributed by atoms with E-state index < -0.39 is 0 Å². The first-order valence-corrected chi connectivity index (χ1v) is 6.48. The second-order valence-corrected chi connectivity index (χ2v) is 4.99. The maximum atomic E-state index is 5.72. The molecule has 0 aromatic carbocycles. The number of nitrogens with one attached hydrogen (secondary N) is 1. The van der Waals surface area contributed by atoms with E-state index in [9.17, 15) is 0 Å². The van der Waals surface area contributed by atoms with Crippen molar-refractivity contribution in [3.8, 4) is 11.3 Å². The molecule has 0 amide bonds. The molecule has 2 aromatic heterocycles. The van der Waals surface area contributed by atoms with Crippen molar-refractivity contribution < 1.29 is 4.42 Å². The molecule has 16 heavy (non-hydrogen) atoms. The molecule has 0 radical (unpaired) electrons. The summed E-state index contributed by atoms with van der Waals surface area (Å²) in [5.74, 6) is 1.67. The second kappa shape index (κ2) is 4.03. The fourth-order valence-corrected chi connectivity index (χ4v) is 2.49. The molecule has 1 N–H and O–H groups in total. The van der Waals surface area contributed by atoms with Crippen molar-refractivity contribution in [2.45, 2.75) is 32.4 Å². The van der Waals surface area contributed by atoms with E-state index in [0.717, 1.165) is 23.8 Å². The van der Waals surface area contributed by atoms with Crippen LogP contribution < -0.4 is 5.32 Å². The fraction of sp³-hybridized carbons (Fsp3) is 0.417. The summed E-state index contributed by atoms with van der Waals surface area (Å²) in [7, 11) is 0. The van der Waals surface area contributed by atoms with E-state index in [-0.39, 0.29) is 0 Å². The molecule has 1 fully saturated rings. The molecule has 3 rings (SSSR count). The van der Waals surface area contributed by atoms with Gasteiger partial charge in [0.2, 0.25) is 5.89 Å². The summed E-state index contributed by atoms with van der Waals surface area (Å²) in [5.41, 5.74) is 2.41. The Bertz CT molecular complexity index is 485. The van der Waals surface area contributed by atoms with Crippen molar-refractivity contribution in [3.63, 3.8) is 0 Å². The standard InChI is InChI=1S/C12H14N2OS/c1-8-6-16-7-10(8)11-4-14-12(15-11)5-13-9-2-3-9/h4,6-7,9,13H,2-3,5H2,1H3. The first-order chi connectivity index (χ1) is 7.83. The number of hydrogen-bond acceptors (Lipinski definition) is 4. The smallest absolute Gasteiger partial charge is 0.208 e. The van der Waals surface area contributed by atoms with Gasteiger partial charge in [-0.2, -0.15) is 11.3 Å². The Morgan fingerprint density at radius 2 is 2.38 bits per heavy atom. The van der Waals surface area contributed by atoms with Gasteiger partial charge >= 0.3 is 0 Å². The van der Waals surface area contributed by atoms with E-state index in [2.05, 4.69) is 28.0 Å². The molecule has 84 valence electrons. The topological polar surface area (TPSA) is 38.1 Å². The largest absolute Gasteiger partial charge is 0.439 e. The van der Waals surface area contributed by atoms with E-state index in [0.29, 0.717) is 6.04 Å². The zero-order valence-electron chi connectivity index (χ0n) is 9.19. The minimum Gasteiger partial charge on any atom is -0.439 e. The van der Waals surface area contributed by atoms with Crippen molar-refractivity contribution >= 4 is 11.3 Å². The SMILES string of the molecule is Cc1cscc1-c1cnc(CNC2CC2)o1. The number of nitrogens with zero attached hydrogens (tertiary/aromatic N) is 1. The highest BCUT2D eigenvalue weighted by Gasteiger charge is 2.21. The molecular formula is C12H14N2OS. The third kappa shape index (κ3) is 2.03. The second-order valence-electron chi connectivity index (χ2n) is 4.24. The lowest BCUT2D eigenvalue weighted by Crippen LogP contribution is -2.15. The van der Waals surface area contributed by atoms with Gasteiger partial charge in [-0.3, -0.25) is 0 Å². The monoisotopic (exact) mass is 234 g/mol. The Hall–Kier alpha value is -1.13. The van der Waals surface area contributed by atoms with Crippen LogP contribution in [0.5, 0.6) is 0 Å². The highest BCUT2D eigenvalue weighted by atomic mass is 32.1. The highest BCUT2D eigenvalue weighted by molar-refractivity contribution is 7.08. The quantitative estimate of drug-likeness (QED) is 0.883. The zero-order chi connectivity index (χ0) is 11.0. The van der Waals surface area contributed by atoms with Gasteiger partial charge in [0.25, 0.3) is 0 Å². The summed E-state index contributed by atoms with van der Waals surface area (Å²) in [5, 5.41) is 7.62. The van der Waals surface area contributed by atoms with Crippen molar-refractivity contribution in [3.05, 3.63) is 28.4 Å². The molecule has 4 heteroatoms. The summed E-state index contributed by atoms with van der Waals surface area (Å²) >= 11 is 1.70. The first kappa shape index (κ1) is 10.1. The zero-order valence-corrected chi connectivity index (χ0v) is 10.0. The van der Waals surface area contributed by atoms with E-state index in [1.54, 1.807) is 11.3 Å². The van der Waals surface area contributed by atoms with Gasteiger partial charge in [-0.15, -0.1) is 0 Å². The molecule has 0 unspecified atom stereocenters. The van der Waals surface area contributed by atoms with Crippen LogP contribution in [0.1, 0.15) is 24.3 Å². The molecular weight excluding hydrogens is 220 g/mol. The van der Waals surface area contributed by atoms with Crippen LogP contribution in [-0.4, -0.2) is 11.0 Å². The summed E-state index contributed by atoms with van der Waals surface area (Å²) in [6, 6.07) is 0.693. The van der Waals surface area contributed by atoms with E-state index in [1.807, 2.05) is 6.20 Å². The first-order valence-electron chi connectivity index (χ1n) is 5.54. The van der Waals surface area contributed by atoms with Gasteiger partial charge in [-0.05, 0) is 30.7 Å². The average molecular weight is 234 g/mol. The van der Waals surface area contributed by atoms with Crippen molar-refractivity contribution in [1.82, 2.24) is 10.3 Å². The number of hydrogen-bond donors (Lipinski definition) is 1. The third-order valence-corrected chi connectivity index (χ3v) is 3.66. The van der Waals surface area contributed by atoms with Crippen LogP contribution in [0.4, 0.5) is 0 Å². The Balaban J connectivity index is 1.74. The number of rotatable bonds is 4. The summed E-state index contributed by atoms with van der Waals surface area (Å²) in [4.78, 5) is 4.29. The molecule has 0 aliphatic heterocycles. The maximum Gasteiger partial charge on any atom is 0.208 e. The Labute approximate surface area is 98.5 Å².